The lowest BCUT2D eigenvalue weighted by Gasteiger charge is -2.31. The van der Waals surface area contributed by atoms with Gasteiger partial charge in [-0.1, -0.05) is 11.6 Å². The molecule has 0 spiro atoms. The molecule has 0 bridgehead atoms. The van der Waals surface area contributed by atoms with Crippen LogP contribution in [-0.2, 0) is 0 Å². The number of carbonyl (C=O) groups excluding carboxylic acids is 1. The first-order valence-corrected chi connectivity index (χ1v) is 9.66. The lowest BCUT2D eigenvalue weighted by molar-refractivity contribution is 0.191. The normalized spacial score (nSPS) is 17.3. The molecule has 140 valence electrons. The van der Waals surface area contributed by atoms with Crippen LogP contribution in [0.3, 0.4) is 0 Å². The minimum absolute atomic E-state index is 0.0789. The number of hydrogen-bond donors (Lipinski definition) is 2. The number of anilines is 1. The number of rotatable bonds is 2. The van der Waals surface area contributed by atoms with E-state index >= 15 is 0 Å². The number of fused-ring (bicyclic) bond motifs is 1. The molecule has 0 radical (unpaired) electrons. The number of H-pyrrole nitrogens is 1. The topological polar surface area (TPSA) is 61.0 Å². The van der Waals surface area contributed by atoms with Crippen molar-refractivity contribution >= 4 is 34.4 Å². The number of nitrogens with one attached hydrogen (secondary N) is 2. The second-order valence-corrected chi connectivity index (χ2v) is 7.73. The summed E-state index contributed by atoms with van der Waals surface area (Å²) in [5.41, 5.74) is 5.31. The first-order valence-electron chi connectivity index (χ1n) is 9.28. The van der Waals surface area contributed by atoms with E-state index in [-0.39, 0.29) is 11.9 Å². The van der Waals surface area contributed by atoms with Crippen LogP contribution in [0.25, 0.3) is 11.0 Å². The standard InChI is InChI=1S/C21H23ClN4O/c1-13-10-18-19(11-14(13)2)25-20(24-18)15-4-3-9-26(12-15)21(27)23-17-7-5-16(22)6-8-17/h5-8,10-11,15H,3-4,9,12H2,1-2H3,(H,23,27)(H,24,25). The number of imidazole rings is 1. The second-order valence-electron chi connectivity index (χ2n) is 7.30. The Hall–Kier alpha value is -2.53. The van der Waals surface area contributed by atoms with Gasteiger partial charge in [-0.3, -0.25) is 0 Å². The molecule has 1 unspecified atom stereocenters. The minimum atomic E-state index is -0.0789. The number of amides is 2. The summed E-state index contributed by atoms with van der Waals surface area (Å²) in [6.07, 6.45) is 2.00. The van der Waals surface area contributed by atoms with Crippen molar-refractivity contribution < 1.29 is 4.79 Å². The fourth-order valence-corrected chi connectivity index (χ4v) is 3.73. The van der Waals surface area contributed by atoms with Gasteiger partial charge in [0.2, 0.25) is 0 Å². The zero-order valence-electron chi connectivity index (χ0n) is 15.6. The number of urea groups is 1. The molecule has 2 heterocycles. The van der Waals surface area contributed by atoms with Gasteiger partial charge in [0.25, 0.3) is 0 Å². The lowest BCUT2D eigenvalue weighted by atomic mass is 9.97. The largest absolute Gasteiger partial charge is 0.342 e. The number of aryl methyl sites for hydroxylation is 2. The molecule has 4 rings (SSSR count). The highest BCUT2D eigenvalue weighted by atomic mass is 35.5. The molecule has 1 aliphatic rings. The van der Waals surface area contributed by atoms with Crippen LogP contribution in [0, 0.1) is 13.8 Å². The Morgan fingerprint density at radius 2 is 1.96 bits per heavy atom. The van der Waals surface area contributed by atoms with E-state index in [0.717, 1.165) is 41.9 Å². The third-order valence-electron chi connectivity index (χ3n) is 5.31. The highest BCUT2D eigenvalue weighted by Crippen LogP contribution is 2.28. The summed E-state index contributed by atoms with van der Waals surface area (Å²) < 4.78 is 0. The lowest BCUT2D eigenvalue weighted by Crippen LogP contribution is -2.41. The van der Waals surface area contributed by atoms with Gasteiger partial charge in [0.15, 0.2) is 0 Å². The molecule has 0 saturated carbocycles. The van der Waals surface area contributed by atoms with Crippen LogP contribution in [-0.4, -0.2) is 34.0 Å². The molecule has 5 nitrogen and oxygen atoms in total. The first kappa shape index (κ1) is 17.9. The molecule has 2 aromatic carbocycles. The van der Waals surface area contributed by atoms with Crippen LogP contribution in [0.2, 0.25) is 5.02 Å². The molecule has 2 amide bonds. The predicted octanol–water partition coefficient (Wildman–Crippen LogP) is 5.24. The quantitative estimate of drug-likeness (QED) is 0.636. The average Bonchev–Trinajstić information content (AvgIpc) is 3.07. The number of hydrogen-bond acceptors (Lipinski definition) is 2. The van der Waals surface area contributed by atoms with Crippen LogP contribution in [0.5, 0.6) is 0 Å². The van der Waals surface area contributed by atoms with Crippen molar-refractivity contribution in [2.24, 2.45) is 0 Å². The highest BCUT2D eigenvalue weighted by molar-refractivity contribution is 6.30. The van der Waals surface area contributed by atoms with Crippen molar-refractivity contribution in [1.82, 2.24) is 14.9 Å². The Kier molecular flexibility index (Phi) is 4.79. The Morgan fingerprint density at radius 3 is 2.74 bits per heavy atom. The smallest absolute Gasteiger partial charge is 0.321 e. The average molecular weight is 383 g/mol. The zero-order valence-corrected chi connectivity index (χ0v) is 16.3. The fraction of sp³-hybridized carbons (Fsp3) is 0.333. The maximum atomic E-state index is 12.6. The summed E-state index contributed by atoms with van der Waals surface area (Å²) in [5, 5.41) is 3.60. The summed E-state index contributed by atoms with van der Waals surface area (Å²) in [6, 6.07) is 11.4. The highest BCUT2D eigenvalue weighted by Gasteiger charge is 2.27. The molecule has 3 aromatic rings. The van der Waals surface area contributed by atoms with Gasteiger partial charge in [0.05, 0.1) is 11.0 Å². The number of aromatic nitrogens is 2. The van der Waals surface area contributed by atoms with Gasteiger partial charge in [-0.25, -0.2) is 9.78 Å². The van der Waals surface area contributed by atoms with E-state index in [1.165, 1.54) is 11.1 Å². The Labute approximate surface area is 163 Å². The number of piperidine rings is 1. The molecule has 1 saturated heterocycles. The third kappa shape index (κ3) is 3.78. The van der Waals surface area contributed by atoms with Gasteiger partial charge >= 0.3 is 6.03 Å². The third-order valence-corrected chi connectivity index (χ3v) is 5.56. The molecular formula is C21H23ClN4O. The van der Waals surface area contributed by atoms with Gasteiger partial charge in [-0.15, -0.1) is 0 Å². The van der Waals surface area contributed by atoms with E-state index in [2.05, 4.69) is 36.3 Å². The number of aromatic amines is 1. The van der Waals surface area contributed by atoms with Crippen molar-refractivity contribution in [2.45, 2.75) is 32.6 Å². The van der Waals surface area contributed by atoms with E-state index in [1.807, 2.05) is 17.0 Å². The van der Waals surface area contributed by atoms with Gasteiger partial charge in [0.1, 0.15) is 5.82 Å². The molecule has 1 aliphatic heterocycles. The van der Waals surface area contributed by atoms with Gasteiger partial charge in [-0.2, -0.15) is 0 Å². The zero-order chi connectivity index (χ0) is 19.0. The summed E-state index contributed by atoms with van der Waals surface area (Å²) in [5.74, 6) is 1.20. The van der Waals surface area contributed by atoms with Gasteiger partial charge in [0, 0.05) is 29.7 Å². The first-order chi connectivity index (χ1) is 13.0. The summed E-state index contributed by atoms with van der Waals surface area (Å²) in [4.78, 5) is 22.8. The molecular weight excluding hydrogens is 360 g/mol. The second kappa shape index (κ2) is 7.24. The number of likely N-dealkylation sites (tertiary alicyclic amines) is 1. The number of nitrogens with zero attached hydrogens (tertiary/aromatic N) is 2. The molecule has 0 aliphatic carbocycles. The number of carbonyl (C=O) groups is 1. The van der Waals surface area contributed by atoms with E-state index in [4.69, 9.17) is 16.6 Å². The number of halogens is 1. The van der Waals surface area contributed by atoms with E-state index in [1.54, 1.807) is 12.1 Å². The summed E-state index contributed by atoms with van der Waals surface area (Å²) in [6.45, 7) is 5.64. The Bertz CT molecular complexity index is 941. The molecule has 1 atom stereocenters. The SMILES string of the molecule is Cc1cc2nc(C3CCCN(C(=O)Nc4ccc(Cl)cc4)C3)[nH]c2cc1C. The fourth-order valence-electron chi connectivity index (χ4n) is 3.60. The van der Waals surface area contributed by atoms with Gasteiger partial charge in [-0.05, 0) is 74.2 Å². The predicted molar refractivity (Wildman–Crippen MR) is 110 cm³/mol. The maximum Gasteiger partial charge on any atom is 0.321 e. The molecule has 6 heteroatoms. The van der Waals surface area contributed by atoms with Crippen LogP contribution < -0.4 is 5.32 Å². The Balaban J connectivity index is 1.49. The van der Waals surface area contributed by atoms with Crippen LogP contribution in [0.4, 0.5) is 10.5 Å². The molecule has 1 fully saturated rings. The molecule has 1 aromatic heterocycles. The van der Waals surface area contributed by atoms with Crippen molar-refractivity contribution in [1.29, 1.82) is 0 Å². The Morgan fingerprint density at radius 1 is 1.22 bits per heavy atom. The van der Waals surface area contributed by atoms with Crippen LogP contribution in [0.1, 0.15) is 35.7 Å². The maximum absolute atomic E-state index is 12.6. The van der Waals surface area contributed by atoms with E-state index < -0.39 is 0 Å². The van der Waals surface area contributed by atoms with Crippen molar-refractivity contribution in [3.63, 3.8) is 0 Å². The summed E-state index contributed by atoms with van der Waals surface area (Å²) in [7, 11) is 0. The summed E-state index contributed by atoms with van der Waals surface area (Å²) >= 11 is 5.90. The minimum Gasteiger partial charge on any atom is -0.342 e. The monoisotopic (exact) mass is 382 g/mol. The van der Waals surface area contributed by atoms with Crippen molar-refractivity contribution in [2.75, 3.05) is 18.4 Å². The van der Waals surface area contributed by atoms with Crippen molar-refractivity contribution in [3.05, 3.63) is 58.4 Å². The van der Waals surface area contributed by atoms with Gasteiger partial charge < -0.3 is 15.2 Å². The van der Waals surface area contributed by atoms with E-state index in [0.29, 0.717) is 11.6 Å². The van der Waals surface area contributed by atoms with E-state index in [9.17, 15) is 4.79 Å². The molecule has 27 heavy (non-hydrogen) atoms. The van der Waals surface area contributed by atoms with Crippen LogP contribution in [0.15, 0.2) is 36.4 Å². The molecule has 2 N–H and O–H groups in total. The van der Waals surface area contributed by atoms with Crippen LogP contribution >= 0.6 is 11.6 Å². The number of benzene rings is 2. The van der Waals surface area contributed by atoms with Crippen molar-refractivity contribution in [3.8, 4) is 0 Å².